The maximum absolute atomic E-state index is 14.9. The molecule has 1 aromatic rings. The van der Waals surface area contributed by atoms with Crippen molar-refractivity contribution in [2.24, 2.45) is 11.1 Å². The van der Waals surface area contributed by atoms with Crippen LogP contribution >= 0.6 is 0 Å². The SMILES string of the molecule is Cc1nc(N2CC(C)N(CC(F)(F)F)C(C)C2)c(F)cc1NC1CC2(CC(N)C2)C1. The lowest BCUT2D eigenvalue weighted by molar-refractivity contribution is -0.156. The summed E-state index contributed by atoms with van der Waals surface area (Å²) in [7, 11) is 0. The molecule has 2 aliphatic carbocycles. The molecule has 2 heterocycles. The fourth-order valence-corrected chi connectivity index (χ4v) is 5.68. The molecular formula is C21H31F4N5. The molecule has 9 heteroatoms. The van der Waals surface area contributed by atoms with E-state index in [9.17, 15) is 17.6 Å². The minimum atomic E-state index is -4.25. The number of piperazine rings is 1. The Morgan fingerprint density at radius 2 is 1.77 bits per heavy atom. The molecule has 2 saturated carbocycles. The summed E-state index contributed by atoms with van der Waals surface area (Å²) in [6, 6.07) is 1.41. The van der Waals surface area contributed by atoms with Gasteiger partial charge in [-0.05, 0) is 51.9 Å². The number of hydrogen-bond donors (Lipinski definition) is 2. The van der Waals surface area contributed by atoms with E-state index in [1.807, 2.05) is 6.92 Å². The van der Waals surface area contributed by atoms with Gasteiger partial charge in [-0.3, -0.25) is 4.90 Å². The van der Waals surface area contributed by atoms with Gasteiger partial charge in [-0.1, -0.05) is 0 Å². The Labute approximate surface area is 175 Å². The molecule has 5 nitrogen and oxygen atoms in total. The third-order valence-electron chi connectivity index (χ3n) is 7.02. The van der Waals surface area contributed by atoms with E-state index >= 15 is 0 Å². The van der Waals surface area contributed by atoms with Crippen LogP contribution in [0, 0.1) is 18.2 Å². The van der Waals surface area contributed by atoms with Gasteiger partial charge in [0.2, 0.25) is 0 Å². The highest BCUT2D eigenvalue weighted by molar-refractivity contribution is 5.56. The molecule has 3 fully saturated rings. The summed E-state index contributed by atoms with van der Waals surface area (Å²) in [5, 5.41) is 3.41. The van der Waals surface area contributed by atoms with E-state index in [4.69, 9.17) is 5.73 Å². The number of aryl methyl sites for hydroxylation is 1. The van der Waals surface area contributed by atoms with Crippen molar-refractivity contribution in [3.8, 4) is 0 Å². The quantitative estimate of drug-likeness (QED) is 0.716. The first-order valence-electron chi connectivity index (χ1n) is 10.7. The summed E-state index contributed by atoms with van der Waals surface area (Å²) >= 11 is 0. The summed E-state index contributed by atoms with van der Waals surface area (Å²) in [6.45, 7) is 4.99. The van der Waals surface area contributed by atoms with Crippen molar-refractivity contribution in [1.82, 2.24) is 9.88 Å². The standard InChI is InChI=1S/C21H31F4N5/c1-12-9-29(10-13(2)30(12)11-21(23,24)25)19-17(22)4-18(14(3)27-19)28-16-7-20(8-16)5-15(26)6-20/h4,12-13,15-16,28H,5-11,26H2,1-3H3. The van der Waals surface area contributed by atoms with Crippen LogP contribution in [0.15, 0.2) is 6.07 Å². The number of nitrogens with zero attached hydrogens (tertiary/aromatic N) is 3. The third kappa shape index (κ3) is 4.23. The highest BCUT2D eigenvalue weighted by Gasteiger charge is 2.51. The van der Waals surface area contributed by atoms with E-state index in [0.717, 1.165) is 25.7 Å². The Hall–Kier alpha value is -1.61. The average Bonchev–Trinajstić information content (AvgIpc) is 2.56. The molecule has 0 aromatic carbocycles. The van der Waals surface area contributed by atoms with Gasteiger partial charge in [0.15, 0.2) is 11.6 Å². The monoisotopic (exact) mass is 429 g/mol. The number of pyridine rings is 1. The van der Waals surface area contributed by atoms with E-state index in [1.165, 1.54) is 11.0 Å². The number of anilines is 2. The van der Waals surface area contributed by atoms with Crippen LogP contribution in [0.3, 0.4) is 0 Å². The fraction of sp³-hybridized carbons (Fsp3) is 0.762. The van der Waals surface area contributed by atoms with Crippen molar-refractivity contribution in [2.45, 2.75) is 76.8 Å². The molecule has 0 radical (unpaired) electrons. The van der Waals surface area contributed by atoms with Crippen molar-refractivity contribution in [1.29, 1.82) is 0 Å². The van der Waals surface area contributed by atoms with Gasteiger partial charge in [0.1, 0.15) is 0 Å². The van der Waals surface area contributed by atoms with Crippen LogP contribution in [0.4, 0.5) is 29.1 Å². The minimum absolute atomic E-state index is 0.221. The Bertz CT molecular complexity index is 772. The highest BCUT2D eigenvalue weighted by atomic mass is 19.4. The van der Waals surface area contributed by atoms with Crippen molar-refractivity contribution in [3.63, 3.8) is 0 Å². The van der Waals surface area contributed by atoms with Crippen LogP contribution in [0.2, 0.25) is 0 Å². The van der Waals surface area contributed by atoms with E-state index < -0.39 is 18.5 Å². The van der Waals surface area contributed by atoms with Gasteiger partial charge >= 0.3 is 6.18 Å². The van der Waals surface area contributed by atoms with Crippen LogP contribution < -0.4 is 16.0 Å². The first-order valence-corrected chi connectivity index (χ1v) is 10.7. The van der Waals surface area contributed by atoms with E-state index in [1.54, 1.807) is 18.7 Å². The molecule has 3 aliphatic rings. The molecule has 2 atom stereocenters. The number of nitrogens with one attached hydrogen (secondary N) is 1. The molecule has 1 spiro atoms. The lowest BCUT2D eigenvalue weighted by Crippen LogP contribution is -2.59. The molecule has 4 rings (SSSR count). The molecule has 1 aliphatic heterocycles. The summed E-state index contributed by atoms with van der Waals surface area (Å²) in [4.78, 5) is 7.68. The summed E-state index contributed by atoms with van der Waals surface area (Å²) in [5.41, 5.74) is 7.69. The molecule has 1 saturated heterocycles. The number of hydrogen-bond acceptors (Lipinski definition) is 5. The lowest BCUT2D eigenvalue weighted by atomic mass is 9.52. The Kier molecular flexibility index (Phi) is 5.41. The van der Waals surface area contributed by atoms with Crippen molar-refractivity contribution < 1.29 is 17.6 Å². The van der Waals surface area contributed by atoms with Crippen LogP contribution in [-0.2, 0) is 0 Å². The molecule has 0 amide bonds. The van der Waals surface area contributed by atoms with Crippen molar-refractivity contribution in [3.05, 3.63) is 17.6 Å². The second-order valence-electron chi connectivity index (χ2n) is 9.74. The van der Waals surface area contributed by atoms with Crippen molar-refractivity contribution >= 4 is 11.5 Å². The van der Waals surface area contributed by atoms with E-state index in [2.05, 4.69) is 10.3 Å². The molecule has 0 bridgehead atoms. The summed E-state index contributed by atoms with van der Waals surface area (Å²) in [5.74, 6) is -0.218. The molecule has 168 valence electrons. The van der Waals surface area contributed by atoms with Crippen LogP contribution in [-0.4, -0.2) is 59.9 Å². The van der Waals surface area contributed by atoms with Gasteiger partial charge in [0.05, 0.1) is 17.9 Å². The van der Waals surface area contributed by atoms with E-state index in [-0.39, 0.29) is 17.9 Å². The van der Waals surface area contributed by atoms with Gasteiger partial charge in [-0.25, -0.2) is 9.37 Å². The van der Waals surface area contributed by atoms with Crippen LogP contribution in [0.25, 0.3) is 0 Å². The van der Waals surface area contributed by atoms with Crippen LogP contribution in [0.5, 0.6) is 0 Å². The Balaban J connectivity index is 1.41. The number of nitrogens with two attached hydrogens (primary N) is 1. The average molecular weight is 430 g/mol. The minimum Gasteiger partial charge on any atom is -0.381 e. The third-order valence-corrected chi connectivity index (χ3v) is 7.02. The zero-order chi connectivity index (χ0) is 21.8. The second-order valence-corrected chi connectivity index (χ2v) is 9.74. The second kappa shape index (κ2) is 7.51. The number of alkyl halides is 3. The fourth-order valence-electron chi connectivity index (χ4n) is 5.68. The maximum atomic E-state index is 14.9. The van der Waals surface area contributed by atoms with Gasteiger partial charge in [-0.15, -0.1) is 0 Å². The number of aromatic nitrogens is 1. The van der Waals surface area contributed by atoms with Gasteiger partial charge in [-0.2, -0.15) is 13.2 Å². The maximum Gasteiger partial charge on any atom is 0.401 e. The summed E-state index contributed by atoms with van der Waals surface area (Å²) in [6.07, 6.45) is 0.0148. The molecule has 2 unspecified atom stereocenters. The van der Waals surface area contributed by atoms with E-state index in [0.29, 0.717) is 42.0 Å². The largest absolute Gasteiger partial charge is 0.401 e. The van der Waals surface area contributed by atoms with Gasteiger partial charge in [0, 0.05) is 43.3 Å². The summed E-state index contributed by atoms with van der Waals surface area (Å²) < 4.78 is 53.5. The lowest BCUT2D eigenvalue weighted by Gasteiger charge is -2.57. The topological polar surface area (TPSA) is 57.4 Å². The smallest absolute Gasteiger partial charge is 0.381 e. The molecule has 3 N–H and O–H groups in total. The molecular weight excluding hydrogens is 398 g/mol. The first kappa shape index (κ1) is 21.6. The zero-order valence-electron chi connectivity index (χ0n) is 17.8. The molecule has 1 aromatic heterocycles. The first-order chi connectivity index (χ1) is 13.9. The normalized spacial score (nSPS) is 34.6. The molecule has 30 heavy (non-hydrogen) atoms. The van der Waals surface area contributed by atoms with Crippen LogP contribution in [0.1, 0.15) is 45.2 Å². The van der Waals surface area contributed by atoms with Crippen molar-refractivity contribution in [2.75, 3.05) is 29.9 Å². The van der Waals surface area contributed by atoms with Gasteiger partial charge in [0.25, 0.3) is 0 Å². The zero-order valence-corrected chi connectivity index (χ0v) is 17.8. The Morgan fingerprint density at radius 3 is 2.30 bits per heavy atom. The predicted octanol–water partition coefficient (Wildman–Crippen LogP) is 3.67. The van der Waals surface area contributed by atoms with Gasteiger partial charge < -0.3 is 16.0 Å². The predicted molar refractivity (Wildman–Crippen MR) is 109 cm³/mol. The highest BCUT2D eigenvalue weighted by Crippen LogP contribution is 2.56. The Morgan fingerprint density at radius 1 is 1.17 bits per heavy atom. The number of halogens is 4. The number of rotatable bonds is 4.